The molecule has 2 aliphatic rings. The van der Waals surface area contributed by atoms with Gasteiger partial charge in [-0.2, -0.15) is 0 Å². The van der Waals surface area contributed by atoms with Crippen LogP contribution in [-0.2, 0) is 12.8 Å². The van der Waals surface area contributed by atoms with E-state index >= 15 is 0 Å². The largest absolute Gasteiger partial charge is 0.293 e. The first-order valence-corrected chi connectivity index (χ1v) is 16.2. The number of aryl methyl sites for hydroxylation is 1. The molecule has 0 saturated heterocycles. The van der Waals surface area contributed by atoms with Gasteiger partial charge in [-0.1, -0.05) is 110 Å². The van der Waals surface area contributed by atoms with E-state index in [1.165, 1.54) is 55.2 Å². The fourth-order valence-electron chi connectivity index (χ4n) is 7.17. The third-order valence-corrected chi connectivity index (χ3v) is 9.56. The highest BCUT2D eigenvalue weighted by atomic mass is 15.1. The maximum Gasteiger partial charge on any atom is 0.140 e. The number of allylic oxidation sites excluding steroid dienone is 6. The minimum absolute atomic E-state index is 0.406. The first-order chi connectivity index (χ1) is 22.1. The molecule has 3 heteroatoms. The number of benzene rings is 4. The number of para-hydroxylation sites is 1. The van der Waals surface area contributed by atoms with Gasteiger partial charge in [0.25, 0.3) is 0 Å². The summed E-state index contributed by atoms with van der Waals surface area (Å²) >= 11 is 0. The van der Waals surface area contributed by atoms with Crippen LogP contribution in [0.2, 0.25) is 0 Å². The lowest BCUT2D eigenvalue weighted by atomic mass is 9.89. The Kier molecular flexibility index (Phi) is 6.83. The van der Waals surface area contributed by atoms with Gasteiger partial charge in [0.05, 0.1) is 22.4 Å². The highest BCUT2D eigenvalue weighted by Gasteiger charge is 2.23. The second-order valence-electron chi connectivity index (χ2n) is 12.7. The van der Waals surface area contributed by atoms with Gasteiger partial charge in [-0.05, 0) is 79.8 Å². The molecule has 0 fully saturated rings. The minimum atomic E-state index is 0.406. The molecule has 0 aliphatic heterocycles. The zero-order valence-corrected chi connectivity index (χ0v) is 26.2. The average molecular weight is 584 g/mol. The Morgan fingerprint density at radius 1 is 0.800 bits per heavy atom. The summed E-state index contributed by atoms with van der Waals surface area (Å²) in [5, 5.41) is 4.94. The Balaban J connectivity index is 1.25. The normalized spacial score (nSPS) is 16.5. The maximum atomic E-state index is 5.38. The van der Waals surface area contributed by atoms with E-state index < -0.39 is 0 Å². The Morgan fingerprint density at radius 2 is 1.60 bits per heavy atom. The molecule has 8 rings (SSSR count). The zero-order valence-electron chi connectivity index (χ0n) is 26.2. The van der Waals surface area contributed by atoms with Crippen LogP contribution < -0.4 is 0 Å². The number of fused-ring (bicyclic) bond motifs is 7. The molecular weight excluding hydrogens is 546 g/mol. The quantitative estimate of drug-likeness (QED) is 0.115. The lowest BCUT2D eigenvalue weighted by molar-refractivity contribution is 0.744. The fraction of sp³-hybridized carbons (Fsp3) is 0.190. The summed E-state index contributed by atoms with van der Waals surface area (Å²) in [7, 11) is 0. The standard InChI is InChI=1S/C42H37N3/c1-27(20-21-29(3)42-44-39-28(2)12-11-19-38(39)45(42)32-15-5-4-6-16-32)26-37-35-24-22-30-13-7-9-17-33(30)40(35)43-41-34-18-10-8-14-31(34)23-25-36(37)41/h4-7,9-11,13,15-25,28H,8,12,14,26H2,1-3H3/b27-20+,29-21+. The fourth-order valence-corrected chi connectivity index (χ4v) is 7.17. The Morgan fingerprint density at radius 3 is 2.49 bits per heavy atom. The zero-order chi connectivity index (χ0) is 30.5. The third-order valence-electron chi connectivity index (χ3n) is 9.56. The summed E-state index contributed by atoms with van der Waals surface area (Å²) in [6, 6.07) is 28.4. The highest BCUT2D eigenvalue weighted by molar-refractivity contribution is 6.11. The summed E-state index contributed by atoms with van der Waals surface area (Å²) in [6.45, 7) is 6.71. The summed E-state index contributed by atoms with van der Waals surface area (Å²) in [4.78, 5) is 10.6. The van der Waals surface area contributed by atoms with Crippen molar-refractivity contribution in [3.63, 3.8) is 0 Å². The molecule has 1 unspecified atom stereocenters. The molecule has 0 bridgehead atoms. The molecule has 1 atom stereocenters. The summed E-state index contributed by atoms with van der Waals surface area (Å²) in [6.07, 6.45) is 17.7. The number of hydrogen-bond donors (Lipinski definition) is 0. The molecular formula is C42H37N3. The number of rotatable bonds is 5. The van der Waals surface area contributed by atoms with Crippen LogP contribution in [0, 0.1) is 0 Å². The first-order valence-electron chi connectivity index (χ1n) is 16.2. The lowest BCUT2D eigenvalue weighted by Gasteiger charge is -2.18. The monoisotopic (exact) mass is 583 g/mol. The van der Waals surface area contributed by atoms with Gasteiger partial charge < -0.3 is 0 Å². The van der Waals surface area contributed by atoms with E-state index in [1.54, 1.807) is 0 Å². The van der Waals surface area contributed by atoms with Crippen LogP contribution >= 0.6 is 0 Å². The molecule has 0 saturated carbocycles. The number of imidazole rings is 1. The van der Waals surface area contributed by atoms with Crippen molar-refractivity contribution in [2.75, 3.05) is 0 Å². The second kappa shape index (κ2) is 11.2. The van der Waals surface area contributed by atoms with Crippen molar-refractivity contribution < 1.29 is 0 Å². The SMILES string of the molecule is C/C(=C\C=C(/C)c1nc2c(n1-c1ccccc1)C=CCC2C)Cc1c2ccc3c(c2nc2c1ccc1ccccc12)C=CCC3. The Labute approximate surface area is 265 Å². The van der Waals surface area contributed by atoms with Crippen molar-refractivity contribution in [1.82, 2.24) is 14.5 Å². The lowest BCUT2D eigenvalue weighted by Crippen LogP contribution is -2.04. The first kappa shape index (κ1) is 27.5. The molecule has 0 radical (unpaired) electrons. The van der Waals surface area contributed by atoms with E-state index in [4.69, 9.17) is 9.97 Å². The molecule has 220 valence electrons. The van der Waals surface area contributed by atoms with Gasteiger partial charge in [0.1, 0.15) is 5.82 Å². The average Bonchev–Trinajstić information content (AvgIpc) is 3.48. The van der Waals surface area contributed by atoms with E-state index in [0.29, 0.717) is 5.92 Å². The Hall–Kier alpha value is -5.02. The van der Waals surface area contributed by atoms with Gasteiger partial charge in [0.2, 0.25) is 0 Å². The summed E-state index contributed by atoms with van der Waals surface area (Å²) in [5.74, 6) is 1.42. The molecule has 2 heterocycles. The highest BCUT2D eigenvalue weighted by Crippen LogP contribution is 2.37. The van der Waals surface area contributed by atoms with Gasteiger partial charge in [-0.25, -0.2) is 9.97 Å². The topological polar surface area (TPSA) is 30.7 Å². The molecule has 3 nitrogen and oxygen atoms in total. The number of aromatic nitrogens is 3. The smallest absolute Gasteiger partial charge is 0.140 e. The van der Waals surface area contributed by atoms with Crippen molar-refractivity contribution in [3.8, 4) is 5.69 Å². The van der Waals surface area contributed by atoms with Crippen molar-refractivity contribution in [2.45, 2.75) is 52.4 Å². The summed E-state index contributed by atoms with van der Waals surface area (Å²) in [5.41, 5.74) is 12.2. The van der Waals surface area contributed by atoms with Crippen molar-refractivity contribution in [2.24, 2.45) is 0 Å². The van der Waals surface area contributed by atoms with Crippen LogP contribution in [0.4, 0.5) is 0 Å². The van der Waals surface area contributed by atoms with Crippen LogP contribution in [0.5, 0.6) is 0 Å². The van der Waals surface area contributed by atoms with Gasteiger partial charge in [0.15, 0.2) is 0 Å². The minimum Gasteiger partial charge on any atom is -0.293 e. The van der Waals surface area contributed by atoms with Crippen molar-refractivity contribution in [3.05, 3.63) is 143 Å². The molecule has 0 spiro atoms. The molecule has 4 aromatic carbocycles. The van der Waals surface area contributed by atoms with Crippen LogP contribution in [0.15, 0.2) is 109 Å². The van der Waals surface area contributed by atoms with E-state index in [1.807, 2.05) is 0 Å². The van der Waals surface area contributed by atoms with Crippen LogP contribution in [0.3, 0.4) is 0 Å². The second-order valence-corrected chi connectivity index (χ2v) is 12.7. The number of hydrogen-bond acceptors (Lipinski definition) is 2. The van der Waals surface area contributed by atoms with Crippen molar-refractivity contribution in [1.29, 1.82) is 0 Å². The molecule has 45 heavy (non-hydrogen) atoms. The van der Waals surface area contributed by atoms with Gasteiger partial charge >= 0.3 is 0 Å². The maximum absolute atomic E-state index is 5.38. The molecule has 2 aromatic heterocycles. The van der Waals surface area contributed by atoms with E-state index in [0.717, 1.165) is 53.8 Å². The molecule has 6 aromatic rings. The Bertz CT molecular complexity index is 2240. The molecule has 2 aliphatic carbocycles. The van der Waals surface area contributed by atoms with Gasteiger partial charge in [-0.3, -0.25) is 4.57 Å². The predicted molar refractivity (Wildman–Crippen MR) is 191 cm³/mol. The van der Waals surface area contributed by atoms with Crippen LogP contribution in [-0.4, -0.2) is 14.5 Å². The predicted octanol–water partition coefficient (Wildman–Crippen LogP) is 10.8. The van der Waals surface area contributed by atoms with E-state index in [9.17, 15) is 0 Å². The van der Waals surface area contributed by atoms with Crippen molar-refractivity contribution >= 4 is 50.3 Å². The van der Waals surface area contributed by atoms with Crippen LogP contribution in [0.1, 0.15) is 73.4 Å². The molecule has 0 N–H and O–H groups in total. The van der Waals surface area contributed by atoms with Gasteiger partial charge in [-0.15, -0.1) is 0 Å². The third kappa shape index (κ3) is 4.75. The number of nitrogens with zero attached hydrogens (tertiary/aromatic N) is 3. The van der Waals surface area contributed by atoms with Gasteiger partial charge in [0, 0.05) is 33.3 Å². The molecule has 0 amide bonds. The summed E-state index contributed by atoms with van der Waals surface area (Å²) < 4.78 is 2.32. The van der Waals surface area contributed by atoms with E-state index in [2.05, 4.69) is 141 Å². The number of pyridine rings is 1. The van der Waals surface area contributed by atoms with E-state index in [-0.39, 0.29) is 0 Å². The van der Waals surface area contributed by atoms with Crippen LogP contribution in [0.25, 0.3) is 56.0 Å².